The van der Waals surface area contributed by atoms with Gasteiger partial charge in [0.05, 0.1) is 0 Å². The maximum Gasteiger partial charge on any atom is 0.454 e. The summed E-state index contributed by atoms with van der Waals surface area (Å²) in [5, 5.41) is 0. The third kappa shape index (κ3) is 3.80. The van der Waals surface area contributed by atoms with E-state index in [1.807, 2.05) is 0 Å². The third-order valence-electron chi connectivity index (χ3n) is 1.82. The van der Waals surface area contributed by atoms with Crippen LogP contribution in [-0.4, -0.2) is 12.0 Å². The minimum absolute atomic E-state index is 0.390. The van der Waals surface area contributed by atoms with Gasteiger partial charge in [0, 0.05) is 11.1 Å². The number of ketones is 1. The molecule has 1 aromatic rings. The van der Waals surface area contributed by atoms with Crippen molar-refractivity contribution in [3.05, 3.63) is 47.5 Å². The van der Waals surface area contributed by atoms with Crippen LogP contribution >= 0.6 is 0 Å². The standard InChI is InChI=1S/C13H9F3O/c1-9(2)3-4-10-5-7-11(8-6-10)12(17)13(14,15)16/h5-8H,1H2,2H3. The van der Waals surface area contributed by atoms with Gasteiger partial charge < -0.3 is 0 Å². The molecule has 0 saturated heterocycles. The lowest BCUT2D eigenvalue weighted by molar-refractivity contribution is -0.0885. The lowest BCUT2D eigenvalue weighted by Crippen LogP contribution is -2.22. The smallest absolute Gasteiger partial charge is 0.284 e. The summed E-state index contributed by atoms with van der Waals surface area (Å²) in [5.41, 5.74) is 0.797. The summed E-state index contributed by atoms with van der Waals surface area (Å²) >= 11 is 0. The topological polar surface area (TPSA) is 17.1 Å². The number of carbonyl (C=O) groups is 1. The molecule has 0 bridgehead atoms. The fourth-order valence-electron chi connectivity index (χ4n) is 1.05. The van der Waals surface area contributed by atoms with Gasteiger partial charge in [-0.1, -0.05) is 18.4 Å². The van der Waals surface area contributed by atoms with E-state index >= 15 is 0 Å². The summed E-state index contributed by atoms with van der Waals surface area (Å²) in [6.07, 6.45) is -4.84. The first kappa shape index (κ1) is 13.0. The molecule has 17 heavy (non-hydrogen) atoms. The van der Waals surface area contributed by atoms with Gasteiger partial charge in [0.2, 0.25) is 0 Å². The van der Waals surface area contributed by atoms with Gasteiger partial charge in [-0.05, 0) is 36.8 Å². The highest BCUT2D eigenvalue weighted by atomic mass is 19.4. The minimum Gasteiger partial charge on any atom is -0.284 e. The summed E-state index contributed by atoms with van der Waals surface area (Å²) in [6.45, 7) is 5.29. The molecule has 1 rings (SSSR count). The van der Waals surface area contributed by atoms with Gasteiger partial charge in [0.1, 0.15) is 0 Å². The van der Waals surface area contributed by atoms with Crippen LogP contribution in [0.1, 0.15) is 22.8 Å². The number of benzene rings is 1. The van der Waals surface area contributed by atoms with Crippen LogP contribution in [0.2, 0.25) is 0 Å². The first-order valence-electron chi connectivity index (χ1n) is 4.70. The van der Waals surface area contributed by atoms with Gasteiger partial charge >= 0.3 is 6.18 Å². The van der Waals surface area contributed by atoms with Crippen LogP contribution in [-0.2, 0) is 0 Å². The Morgan fingerprint density at radius 2 is 1.76 bits per heavy atom. The molecule has 0 unspecified atom stereocenters. The SMILES string of the molecule is C=C(C)C#Cc1ccc(C(=O)C(F)(F)F)cc1. The molecule has 1 nitrogen and oxygen atoms in total. The Labute approximate surface area is 97.0 Å². The van der Waals surface area contributed by atoms with Crippen LogP contribution in [0.5, 0.6) is 0 Å². The molecule has 4 heteroatoms. The fraction of sp³-hybridized carbons (Fsp3) is 0.154. The Bertz CT molecular complexity index is 498. The predicted molar refractivity (Wildman–Crippen MR) is 58.5 cm³/mol. The number of rotatable bonds is 1. The lowest BCUT2D eigenvalue weighted by atomic mass is 10.1. The molecule has 0 heterocycles. The van der Waals surface area contributed by atoms with E-state index in [2.05, 4.69) is 18.4 Å². The molecule has 0 aliphatic carbocycles. The number of alkyl halides is 3. The molecular formula is C13H9F3O. The van der Waals surface area contributed by atoms with E-state index in [4.69, 9.17) is 0 Å². The van der Waals surface area contributed by atoms with Crippen LogP contribution in [0.15, 0.2) is 36.4 Å². The third-order valence-corrected chi connectivity index (χ3v) is 1.82. The van der Waals surface area contributed by atoms with Crippen molar-refractivity contribution in [3.63, 3.8) is 0 Å². The monoisotopic (exact) mass is 238 g/mol. The summed E-state index contributed by atoms with van der Waals surface area (Å²) in [6, 6.07) is 4.96. The van der Waals surface area contributed by atoms with E-state index in [0.717, 1.165) is 12.1 Å². The van der Waals surface area contributed by atoms with Crippen molar-refractivity contribution >= 4 is 5.78 Å². The van der Waals surface area contributed by atoms with Crippen LogP contribution < -0.4 is 0 Å². The molecular weight excluding hydrogens is 229 g/mol. The van der Waals surface area contributed by atoms with E-state index in [0.29, 0.717) is 11.1 Å². The molecule has 0 aliphatic heterocycles. The second kappa shape index (κ2) is 4.88. The first-order chi connectivity index (χ1) is 7.80. The molecule has 0 fully saturated rings. The minimum atomic E-state index is -4.84. The Morgan fingerprint density at radius 3 is 2.18 bits per heavy atom. The van der Waals surface area contributed by atoms with Crippen molar-refractivity contribution < 1.29 is 18.0 Å². The number of hydrogen-bond acceptors (Lipinski definition) is 1. The molecule has 88 valence electrons. The Kier molecular flexibility index (Phi) is 3.74. The zero-order chi connectivity index (χ0) is 13.1. The van der Waals surface area contributed by atoms with Gasteiger partial charge in [0.15, 0.2) is 0 Å². The lowest BCUT2D eigenvalue weighted by Gasteiger charge is -2.04. The van der Waals surface area contributed by atoms with Crippen LogP contribution in [0, 0.1) is 11.8 Å². The van der Waals surface area contributed by atoms with Crippen LogP contribution in [0.3, 0.4) is 0 Å². The van der Waals surface area contributed by atoms with Gasteiger partial charge in [-0.2, -0.15) is 13.2 Å². The number of hydrogen-bond donors (Lipinski definition) is 0. The average molecular weight is 238 g/mol. The first-order valence-corrected chi connectivity index (χ1v) is 4.70. The van der Waals surface area contributed by atoms with Gasteiger partial charge in [-0.15, -0.1) is 0 Å². The molecule has 0 aliphatic rings. The van der Waals surface area contributed by atoms with Crippen molar-refractivity contribution in [2.24, 2.45) is 0 Å². The van der Waals surface area contributed by atoms with Crippen molar-refractivity contribution in [2.75, 3.05) is 0 Å². The zero-order valence-electron chi connectivity index (χ0n) is 9.06. The fourth-order valence-corrected chi connectivity index (χ4v) is 1.05. The summed E-state index contributed by atoms with van der Waals surface area (Å²) in [7, 11) is 0. The van der Waals surface area contributed by atoms with Crippen molar-refractivity contribution in [1.29, 1.82) is 0 Å². The number of allylic oxidation sites excluding steroid dienone is 1. The van der Waals surface area contributed by atoms with E-state index < -0.39 is 17.5 Å². The van der Waals surface area contributed by atoms with Crippen molar-refractivity contribution in [2.45, 2.75) is 13.1 Å². The summed E-state index contributed by atoms with van der Waals surface area (Å²) in [5.74, 6) is 3.55. The van der Waals surface area contributed by atoms with E-state index in [-0.39, 0.29) is 0 Å². The molecule has 0 N–H and O–H groups in total. The molecule has 0 radical (unpaired) electrons. The molecule has 0 aromatic heterocycles. The van der Waals surface area contributed by atoms with Gasteiger partial charge in [-0.25, -0.2) is 0 Å². The van der Waals surface area contributed by atoms with Crippen molar-refractivity contribution in [1.82, 2.24) is 0 Å². The van der Waals surface area contributed by atoms with Crippen molar-refractivity contribution in [3.8, 4) is 11.8 Å². The van der Waals surface area contributed by atoms with E-state index in [1.165, 1.54) is 12.1 Å². The maximum atomic E-state index is 12.1. The van der Waals surface area contributed by atoms with Crippen LogP contribution in [0.4, 0.5) is 13.2 Å². The number of Topliss-reactive ketones (excluding diaryl/α,β-unsaturated/α-hetero) is 1. The Balaban J connectivity index is 2.94. The Hall–Kier alpha value is -2.02. The highest BCUT2D eigenvalue weighted by molar-refractivity contribution is 6.00. The number of carbonyl (C=O) groups excluding carboxylic acids is 1. The molecule has 0 saturated carbocycles. The largest absolute Gasteiger partial charge is 0.454 e. The maximum absolute atomic E-state index is 12.1. The van der Waals surface area contributed by atoms with Crippen LogP contribution in [0.25, 0.3) is 0 Å². The van der Waals surface area contributed by atoms with Gasteiger partial charge in [-0.3, -0.25) is 4.79 Å². The highest BCUT2D eigenvalue weighted by Crippen LogP contribution is 2.21. The molecule has 0 atom stereocenters. The number of halogens is 3. The molecule has 1 aromatic carbocycles. The van der Waals surface area contributed by atoms with E-state index in [1.54, 1.807) is 6.92 Å². The normalized spacial score (nSPS) is 10.4. The summed E-state index contributed by atoms with van der Waals surface area (Å²) in [4.78, 5) is 10.9. The highest BCUT2D eigenvalue weighted by Gasteiger charge is 2.38. The zero-order valence-corrected chi connectivity index (χ0v) is 9.06. The predicted octanol–water partition coefficient (Wildman–Crippen LogP) is 3.36. The van der Waals surface area contributed by atoms with E-state index in [9.17, 15) is 18.0 Å². The molecule has 0 amide bonds. The second-order valence-electron chi connectivity index (χ2n) is 3.43. The molecule has 0 spiro atoms. The summed E-state index contributed by atoms with van der Waals surface area (Å²) < 4.78 is 36.3. The van der Waals surface area contributed by atoms with Gasteiger partial charge in [0.25, 0.3) is 5.78 Å². The second-order valence-corrected chi connectivity index (χ2v) is 3.43. The Morgan fingerprint density at radius 1 is 1.24 bits per heavy atom. The average Bonchev–Trinajstić information content (AvgIpc) is 2.25. The quantitative estimate of drug-likeness (QED) is 0.541.